The van der Waals surface area contributed by atoms with Crippen LogP contribution in [0.2, 0.25) is 0 Å². The van der Waals surface area contributed by atoms with Crippen LogP contribution >= 0.6 is 0 Å². The fourth-order valence-electron chi connectivity index (χ4n) is 1.37. The molecule has 0 amide bonds. The van der Waals surface area contributed by atoms with Gasteiger partial charge in [-0.05, 0) is 12.0 Å². The number of carbonyl (C=O) groups is 1. The molecule has 0 saturated carbocycles. The Morgan fingerprint density at radius 3 is 2.56 bits per heavy atom. The summed E-state index contributed by atoms with van der Waals surface area (Å²) in [6.07, 6.45) is -2.80. The maximum atomic E-state index is 12.6. The van der Waals surface area contributed by atoms with Crippen LogP contribution in [0, 0.1) is 0 Å². The summed E-state index contributed by atoms with van der Waals surface area (Å²) in [5, 5.41) is 18.2. The summed E-state index contributed by atoms with van der Waals surface area (Å²) >= 11 is 0. The standard InChI is InChI=1S/C11H12F2O3/c1-2-7-4-3-5-8(6-7)11(16,9(12)13)10(14)15/h3-6,9,16H,2H2,1H3,(H,14,15). The SMILES string of the molecule is CCc1cccc(C(O)(C(=O)O)C(F)F)c1. The molecule has 0 aliphatic rings. The van der Waals surface area contributed by atoms with E-state index >= 15 is 0 Å². The topological polar surface area (TPSA) is 57.5 Å². The first-order valence-electron chi connectivity index (χ1n) is 4.76. The third-order valence-corrected chi connectivity index (χ3v) is 2.42. The zero-order chi connectivity index (χ0) is 12.3. The van der Waals surface area contributed by atoms with Crippen LogP contribution in [0.4, 0.5) is 8.78 Å². The molecule has 0 bridgehead atoms. The van der Waals surface area contributed by atoms with Gasteiger partial charge in [-0.2, -0.15) is 0 Å². The highest BCUT2D eigenvalue weighted by atomic mass is 19.3. The molecular weight excluding hydrogens is 218 g/mol. The van der Waals surface area contributed by atoms with E-state index in [4.69, 9.17) is 5.11 Å². The molecule has 2 N–H and O–H groups in total. The summed E-state index contributed by atoms with van der Waals surface area (Å²) in [6.45, 7) is 1.81. The smallest absolute Gasteiger partial charge is 0.346 e. The van der Waals surface area contributed by atoms with E-state index in [0.29, 0.717) is 12.0 Å². The second-order valence-corrected chi connectivity index (χ2v) is 3.43. The van der Waals surface area contributed by atoms with Gasteiger partial charge in [0.15, 0.2) is 0 Å². The van der Waals surface area contributed by atoms with Gasteiger partial charge in [-0.15, -0.1) is 0 Å². The van der Waals surface area contributed by atoms with E-state index in [-0.39, 0.29) is 5.56 Å². The molecule has 0 spiro atoms. The van der Waals surface area contributed by atoms with Crippen molar-refractivity contribution >= 4 is 5.97 Å². The summed E-state index contributed by atoms with van der Waals surface area (Å²) in [6, 6.07) is 5.58. The lowest BCUT2D eigenvalue weighted by atomic mass is 9.92. The largest absolute Gasteiger partial charge is 0.479 e. The molecular formula is C11H12F2O3. The summed E-state index contributed by atoms with van der Waals surface area (Å²) in [5.74, 6) is -1.95. The van der Waals surface area contributed by atoms with Crippen molar-refractivity contribution in [2.45, 2.75) is 25.4 Å². The highest BCUT2D eigenvalue weighted by Gasteiger charge is 2.47. The summed E-state index contributed by atoms with van der Waals surface area (Å²) < 4.78 is 25.2. The van der Waals surface area contributed by atoms with E-state index in [0.717, 1.165) is 0 Å². The molecule has 5 heteroatoms. The number of aliphatic hydroxyl groups is 1. The number of aliphatic carboxylic acids is 1. The van der Waals surface area contributed by atoms with E-state index in [1.165, 1.54) is 18.2 Å². The molecule has 0 radical (unpaired) electrons. The van der Waals surface area contributed by atoms with Crippen molar-refractivity contribution in [3.05, 3.63) is 35.4 Å². The number of alkyl halides is 2. The van der Waals surface area contributed by atoms with Crippen molar-refractivity contribution in [2.75, 3.05) is 0 Å². The van der Waals surface area contributed by atoms with Gasteiger partial charge >= 0.3 is 5.97 Å². The first-order chi connectivity index (χ1) is 7.42. The molecule has 0 heterocycles. The van der Waals surface area contributed by atoms with Gasteiger partial charge in [0.25, 0.3) is 6.43 Å². The first kappa shape index (κ1) is 12.6. The normalized spacial score (nSPS) is 14.8. The average molecular weight is 230 g/mol. The van der Waals surface area contributed by atoms with Gasteiger partial charge in [-0.3, -0.25) is 0 Å². The van der Waals surface area contributed by atoms with Crippen LogP contribution in [-0.4, -0.2) is 22.6 Å². The number of hydrogen-bond acceptors (Lipinski definition) is 2. The Morgan fingerprint density at radius 2 is 2.12 bits per heavy atom. The molecule has 16 heavy (non-hydrogen) atoms. The fraction of sp³-hybridized carbons (Fsp3) is 0.364. The van der Waals surface area contributed by atoms with E-state index in [9.17, 15) is 18.7 Å². The molecule has 1 atom stereocenters. The minimum absolute atomic E-state index is 0.297. The maximum absolute atomic E-state index is 12.6. The molecule has 0 saturated heterocycles. The summed E-state index contributed by atoms with van der Waals surface area (Å²) in [5.41, 5.74) is -2.74. The third kappa shape index (κ3) is 2.04. The number of carboxylic acid groups (broad SMARTS) is 1. The second kappa shape index (κ2) is 4.57. The lowest BCUT2D eigenvalue weighted by Gasteiger charge is -2.23. The highest BCUT2D eigenvalue weighted by Crippen LogP contribution is 2.29. The van der Waals surface area contributed by atoms with Crippen LogP contribution in [0.3, 0.4) is 0 Å². The number of aryl methyl sites for hydroxylation is 1. The predicted octanol–water partition coefficient (Wildman–Crippen LogP) is 1.79. The third-order valence-electron chi connectivity index (χ3n) is 2.42. The van der Waals surface area contributed by atoms with E-state index in [2.05, 4.69) is 0 Å². The Kier molecular flexibility index (Phi) is 3.59. The van der Waals surface area contributed by atoms with Crippen molar-refractivity contribution in [1.82, 2.24) is 0 Å². The van der Waals surface area contributed by atoms with Crippen LogP contribution < -0.4 is 0 Å². The van der Waals surface area contributed by atoms with Crippen molar-refractivity contribution in [3.63, 3.8) is 0 Å². The lowest BCUT2D eigenvalue weighted by Crippen LogP contribution is -2.42. The van der Waals surface area contributed by atoms with Gasteiger partial charge in [-0.1, -0.05) is 31.2 Å². The van der Waals surface area contributed by atoms with Crippen LogP contribution in [-0.2, 0) is 16.8 Å². The van der Waals surface area contributed by atoms with E-state index < -0.39 is 18.0 Å². The van der Waals surface area contributed by atoms with Gasteiger partial charge in [0.05, 0.1) is 0 Å². The Morgan fingerprint density at radius 1 is 1.50 bits per heavy atom. The molecule has 1 aromatic rings. The van der Waals surface area contributed by atoms with Crippen LogP contribution in [0.15, 0.2) is 24.3 Å². The summed E-state index contributed by atoms with van der Waals surface area (Å²) in [7, 11) is 0. The fourth-order valence-corrected chi connectivity index (χ4v) is 1.37. The summed E-state index contributed by atoms with van der Waals surface area (Å²) in [4.78, 5) is 10.7. The Labute approximate surface area is 91.3 Å². The van der Waals surface area contributed by atoms with Crippen LogP contribution in [0.25, 0.3) is 0 Å². The van der Waals surface area contributed by atoms with Crippen molar-refractivity contribution < 1.29 is 23.8 Å². The van der Waals surface area contributed by atoms with Crippen LogP contribution in [0.5, 0.6) is 0 Å². The number of carboxylic acids is 1. The van der Waals surface area contributed by atoms with Gasteiger partial charge in [0, 0.05) is 5.56 Å². The molecule has 0 aliphatic carbocycles. The predicted molar refractivity (Wildman–Crippen MR) is 53.4 cm³/mol. The second-order valence-electron chi connectivity index (χ2n) is 3.43. The Balaban J connectivity index is 3.26. The minimum Gasteiger partial charge on any atom is -0.479 e. The molecule has 1 unspecified atom stereocenters. The van der Waals surface area contributed by atoms with Gasteiger partial charge < -0.3 is 10.2 Å². The molecule has 0 aliphatic heterocycles. The molecule has 1 rings (SSSR count). The van der Waals surface area contributed by atoms with Gasteiger partial charge in [0.1, 0.15) is 0 Å². The quantitative estimate of drug-likeness (QED) is 0.829. The Bertz CT molecular complexity index is 393. The van der Waals surface area contributed by atoms with E-state index in [1.54, 1.807) is 13.0 Å². The molecule has 1 aromatic carbocycles. The number of hydrogen-bond donors (Lipinski definition) is 2. The number of rotatable bonds is 4. The van der Waals surface area contributed by atoms with E-state index in [1.807, 2.05) is 0 Å². The zero-order valence-electron chi connectivity index (χ0n) is 8.65. The van der Waals surface area contributed by atoms with Crippen LogP contribution in [0.1, 0.15) is 18.1 Å². The Hall–Kier alpha value is -1.49. The van der Waals surface area contributed by atoms with Crippen molar-refractivity contribution in [3.8, 4) is 0 Å². The van der Waals surface area contributed by atoms with Gasteiger partial charge in [-0.25, -0.2) is 13.6 Å². The minimum atomic E-state index is -3.38. The number of halogens is 2. The molecule has 0 fully saturated rings. The number of benzene rings is 1. The highest BCUT2D eigenvalue weighted by molar-refractivity contribution is 5.79. The zero-order valence-corrected chi connectivity index (χ0v) is 8.65. The molecule has 88 valence electrons. The van der Waals surface area contributed by atoms with Crippen molar-refractivity contribution in [2.24, 2.45) is 0 Å². The molecule has 0 aromatic heterocycles. The average Bonchev–Trinajstić information content (AvgIpc) is 2.27. The first-order valence-corrected chi connectivity index (χ1v) is 4.76. The van der Waals surface area contributed by atoms with Gasteiger partial charge in [0.2, 0.25) is 5.60 Å². The van der Waals surface area contributed by atoms with Crippen molar-refractivity contribution in [1.29, 1.82) is 0 Å². The monoisotopic (exact) mass is 230 g/mol. The lowest BCUT2D eigenvalue weighted by molar-refractivity contribution is -0.178. The maximum Gasteiger partial charge on any atom is 0.346 e. The molecule has 3 nitrogen and oxygen atoms in total.